The van der Waals surface area contributed by atoms with Crippen LogP contribution in [0.1, 0.15) is 5.56 Å². The van der Waals surface area contributed by atoms with Crippen LogP contribution < -0.4 is 4.72 Å². The van der Waals surface area contributed by atoms with Gasteiger partial charge in [-0.25, -0.2) is 13.1 Å². The second-order valence-corrected chi connectivity index (χ2v) is 7.27. The minimum atomic E-state index is -3.22. The summed E-state index contributed by atoms with van der Waals surface area (Å²) in [6.07, 6.45) is 3.76. The van der Waals surface area contributed by atoms with Crippen molar-refractivity contribution in [3.05, 3.63) is 42.1 Å². The van der Waals surface area contributed by atoms with Gasteiger partial charge in [0.05, 0.1) is 31.0 Å². The third kappa shape index (κ3) is 3.40. The molecule has 1 aromatic carbocycles. The van der Waals surface area contributed by atoms with Gasteiger partial charge >= 0.3 is 0 Å². The number of fused-ring (bicyclic) bond motifs is 1. The zero-order chi connectivity index (χ0) is 14.9. The molecular formula is C15H18N2O3S. The van der Waals surface area contributed by atoms with Gasteiger partial charge in [0.25, 0.3) is 0 Å². The number of pyridine rings is 1. The summed E-state index contributed by atoms with van der Waals surface area (Å²) in [5.41, 5.74) is 2.14. The molecule has 1 N–H and O–H groups in total. The van der Waals surface area contributed by atoms with Gasteiger partial charge < -0.3 is 4.74 Å². The number of sulfonamides is 1. The molecule has 0 aliphatic carbocycles. The van der Waals surface area contributed by atoms with Crippen molar-refractivity contribution in [2.45, 2.75) is 12.5 Å². The molecule has 2 atom stereocenters. The van der Waals surface area contributed by atoms with Gasteiger partial charge in [0.1, 0.15) is 0 Å². The molecule has 1 fully saturated rings. The Balaban J connectivity index is 1.84. The highest BCUT2D eigenvalue weighted by atomic mass is 32.2. The maximum Gasteiger partial charge on any atom is 0.209 e. The van der Waals surface area contributed by atoms with Crippen LogP contribution in [0.5, 0.6) is 0 Å². The number of hydrogen-bond donors (Lipinski definition) is 1. The molecule has 2 aromatic rings. The van der Waals surface area contributed by atoms with Gasteiger partial charge in [-0.3, -0.25) is 4.98 Å². The third-order valence-corrected chi connectivity index (χ3v) is 4.52. The first-order valence-electron chi connectivity index (χ1n) is 6.90. The Morgan fingerprint density at radius 3 is 2.90 bits per heavy atom. The number of ether oxygens (including phenoxy) is 1. The van der Waals surface area contributed by atoms with E-state index in [1.807, 2.05) is 30.3 Å². The second-order valence-electron chi connectivity index (χ2n) is 5.49. The van der Waals surface area contributed by atoms with Crippen molar-refractivity contribution in [3.8, 4) is 0 Å². The smallest absolute Gasteiger partial charge is 0.209 e. The van der Waals surface area contributed by atoms with E-state index in [1.165, 1.54) is 11.8 Å². The van der Waals surface area contributed by atoms with E-state index >= 15 is 0 Å². The van der Waals surface area contributed by atoms with Crippen molar-refractivity contribution >= 4 is 20.9 Å². The molecule has 0 radical (unpaired) electrons. The average Bonchev–Trinajstić information content (AvgIpc) is 2.84. The number of nitrogens with one attached hydrogen (secondary N) is 1. The Hall–Kier alpha value is -1.50. The van der Waals surface area contributed by atoms with Gasteiger partial charge in [0.15, 0.2) is 0 Å². The Labute approximate surface area is 124 Å². The monoisotopic (exact) mass is 306 g/mol. The SMILES string of the molecule is CS(=O)(=O)N[C@@H]1COC[C@H]1Cc1ccnc2ccccc12. The molecule has 0 saturated carbocycles. The van der Waals surface area contributed by atoms with Crippen molar-refractivity contribution < 1.29 is 13.2 Å². The number of hydrogen-bond acceptors (Lipinski definition) is 4. The van der Waals surface area contributed by atoms with Gasteiger partial charge in [-0.05, 0) is 24.1 Å². The normalized spacial score (nSPS) is 22.7. The average molecular weight is 306 g/mol. The van der Waals surface area contributed by atoms with Crippen LogP contribution in [0.25, 0.3) is 10.9 Å². The van der Waals surface area contributed by atoms with Gasteiger partial charge in [-0.1, -0.05) is 18.2 Å². The van der Waals surface area contributed by atoms with Crippen molar-refractivity contribution in [1.82, 2.24) is 9.71 Å². The molecule has 3 rings (SSSR count). The summed E-state index contributed by atoms with van der Waals surface area (Å²) in [5.74, 6) is 0.144. The molecule has 1 aromatic heterocycles. The van der Waals surface area contributed by atoms with E-state index in [1.54, 1.807) is 6.20 Å². The lowest BCUT2D eigenvalue weighted by molar-refractivity contribution is 0.183. The van der Waals surface area contributed by atoms with Crippen LogP contribution in [0.2, 0.25) is 0 Å². The Bertz CT molecular complexity index is 740. The summed E-state index contributed by atoms with van der Waals surface area (Å²) in [5, 5.41) is 1.12. The Morgan fingerprint density at radius 1 is 1.29 bits per heavy atom. The van der Waals surface area contributed by atoms with E-state index < -0.39 is 10.0 Å². The minimum absolute atomic E-state index is 0.144. The molecular weight excluding hydrogens is 288 g/mol. The molecule has 0 unspecified atom stereocenters. The number of para-hydroxylation sites is 1. The first-order valence-corrected chi connectivity index (χ1v) is 8.80. The second kappa shape index (κ2) is 5.71. The van der Waals surface area contributed by atoms with Crippen molar-refractivity contribution in [2.75, 3.05) is 19.5 Å². The minimum Gasteiger partial charge on any atom is -0.379 e. The maximum atomic E-state index is 11.4. The summed E-state index contributed by atoms with van der Waals surface area (Å²) in [6, 6.07) is 9.82. The molecule has 112 valence electrons. The van der Waals surface area contributed by atoms with Crippen LogP contribution in [-0.2, 0) is 21.2 Å². The molecule has 1 aliphatic heterocycles. The van der Waals surface area contributed by atoms with Gasteiger partial charge in [0, 0.05) is 17.5 Å². The predicted octanol–water partition coefficient (Wildman–Crippen LogP) is 1.34. The van der Waals surface area contributed by atoms with Crippen LogP contribution in [-0.4, -0.2) is 38.9 Å². The van der Waals surface area contributed by atoms with Crippen LogP contribution in [0.3, 0.4) is 0 Å². The van der Waals surface area contributed by atoms with Crippen LogP contribution >= 0.6 is 0 Å². The first-order chi connectivity index (χ1) is 10.0. The highest BCUT2D eigenvalue weighted by molar-refractivity contribution is 7.88. The lowest BCUT2D eigenvalue weighted by Gasteiger charge is -2.18. The summed E-state index contributed by atoms with van der Waals surface area (Å²) in [6.45, 7) is 1.00. The highest BCUT2D eigenvalue weighted by Crippen LogP contribution is 2.24. The van der Waals surface area contributed by atoms with Gasteiger partial charge in [-0.15, -0.1) is 0 Å². The van der Waals surface area contributed by atoms with Crippen LogP contribution in [0, 0.1) is 5.92 Å². The Morgan fingerprint density at radius 2 is 2.10 bits per heavy atom. The highest BCUT2D eigenvalue weighted by Gasteiger charge is 2.30. The fourth-order valence-corrected chi connectivity index (χ4v) is 3.63. The van der Waals surface area contributed by atoms with E-state index in [9.17, 15) is 8.42 Å². The Kier molecular flexibility index (Phi) is 3.93. The summed E-state index contributed by atoms with van der Waals surface area (Å²) >= 11 is 0. The summed E-state index contributed by atoms with van der Waals surface area (Å²) in [7, 11) is -3.22. The van der Waals surface area contributed by atoms with Crippen molar-refractivity contribution in [3.63, 3.8) is 0 Å². The van der Waals surface area contributed by atoms with Gasteiger partial charge in [0.2, 0.25) is 10.0 Å². The quantitative estimate of drug-likeness (QED) is 0.925. The number of nitrogens with zero attached hydrogens (tertiary/aromatic N) is 1. The predicted molar refractivity (Wildman–Crippen MR) is 81.5 cm³/mol. The van der Waals surface area contributed by atoms with E-state index in [0.29, 0.717) is 13.2 Å². The standard InChI is InChI=1S/C15H18N2O3S/c1-21(18,19)17-15-10-20-9-12(15)8-11-6-7-16-14-5-3-2-4-13(11)14/h2-7,12,15,17H,8-10H2,1H3/t12-,15-/m1/s1. The molecule has 1 saturated heterocycles. The first kappa shape index (κ1) is 14.4. The number of benzene rings is 1. The summed E-state index contributed by atoms with van der Waals surface area (Å²) < 4.78 is 31.0. The summed E-state index contributed by atoms with van der Waals surface area (Å²) in [4.78, 5) is 4.35. The molecule has 1 aliphatic rings. The van der Waals surface area contributed by atoms with E-state index in [-0.39, 0.29) is 12.0 Å². The zero-order valence-corrected chi connectivity index (χ0v) is 12.6. The molecule has 5 nitrogen and oxygen atoms in total. The zero-order valence-electron chi connectivity index (χ0n) is 11.8. The van der Waals surface area contributed by atoms with Crippen molar-refractivity contribution in [2.24, 2.45) is 5.92 Å². The van der Waals surface area contributed by atoms with Crippen LogP contribution in [0.4, 0.5) is 0 Å². The lowest BCUT2D eigenvalue weighted by Crippen LogP contribution is -2.39. The number of aromatic nitrogens is 1. The fraction of sp³-hybridized carbons (Fsp3) is 0.400. The van der Waals surface area contributed by atoms with Crippen molar-refractivity contribution in [1.29, 1.82) is 0 Å². The molecule has 0 bridgehead atoms. The van der Waals surface area contributed by atoms with E-state index in [0.717, 1.165) is 17.3 Å². The topological polar surface area (TPSA) is 68.3 Å². The van der Waals surface area contributed by atoms with Crippen LogP contribution in [0.15, 0.2) is 36.5 Å². The van der Waals surface area contributed by atoms with E-state index in [4.69, 9.17) is 4.74 Å². The lowest BCUT2D eigenvalue weighted by atomic mass is 9.93. The fourth-order valence-electron chi connectivity index (χ4n) is 2.82. The molecule has 0 spiro atoms. The molecule has 2 heterocycles. The largest absolute Gasteiger partial charge is 0.379 e. The van der Waals surface area contributed by atoms with E-state index in [2.05, 4.69) is 9.71 Å². The van der Waals surface area contributed by atoms with Gasteiger partial charge in [-0.2, -0.15) is 0 Å². The third-order valence-electron chi connectivity index (χ3n) is 3.79. The molecule has 0 amide bonds. The maximum absolute atomic E-state index is 11.4. The number of rotatable bonds is 4. The molecule has 6 heteroatoms. The molecule has 21 heavy (non-hydrogen) atoms.